The quantitative estimate of drug-likeness (QED) is 0.497. The van der Waals surface area contributed by atoms with Crippen molar-refractivity contribution in [3.8, 4) is 0 Å². The molecule has 0 aliphatic rings. The SMILES string of the molecule is CCCC(=O)SC(O[Si](C)(C)CC(C)C)c1ccccn1. The van der Waals surface area contributed by atoms with Crippen LogP contribution in [0.3, 0.4) is 0 Å². The van der Waals surface area contributed by atoms with Crippen molar-refractivity contribution >= 4 is 25.2 Å². The zero-order valence-electron chi connectivity index (χ0n) is 13.8. The van der Waals surface area contributed by atoms with Gasteiger partial charge >= 0.3 is 0 Å². The van der Waals surface area contributed by atoms with Crippen molar-refractivity contribution in [1.82, 2.24) is 4.98 Å². The Morgan fingerprint density at radius 3 is 2.62 bits per heavy atom. The molecule has 0 saturated carbocycles. The monoisotopic (exact) mass is 325 g/mol. The number of hydrogen-bond acceptors (Lipinski definition) is 4. The Bertz CT molecular complexity index is 437. The molecule has 1 aromatic rings. The Hall–Kier alpha value is -0.653. The first-order valence-electron chi connectivity index (χ1n) is 7.62. The fourth-order valence-electron chi connectivity index (χ4n) is 2.36. The van der Waals surface area contributed by atoms with Gasteiger partial charge in [-0.15, -0.1) is 0 Å². The molecule has 21 heavy (non-hydrogen) atoms. The number of thioether (sulfide) groups is 1. The van der Waals surface area contributed by atoms with Crippen LogP contribution < -0.4 is 0 Å². The molecular formula is C16H27NO2SSi. The predicted molar refractivity (Wildman–Crippen MR) is 92.7 cm³/mol. The molecule has 0 fully saturated rings. The summed E-state index contributed by atoms with van der Waals surface area (Å²) in [6.45, 7) is 10.9. The first kappa shape index (κ1) is 18.4. The summed E-state index contributed by atoms with van der Waals surface area (Å²) in [5.41, 5.74) is 0.571. The topological polar surface area (TPSA) is 39.2 Å². The first-order valence-corrected chi connectivity index (χ1v) is 11.6. The largest absolute Gasteiger partial charge is 0.400 e. The van der Waals surface area contributed by atoms with Gasteiger partial charge in [0.15, 0.2) is 13.4 Å². The molecule has 0 spiro atoms. The fraction of sp³-hybridized carbons (Fsp3) is 0.625. The summed E-state index contributed by atoms with van der Waals surface area (Å²) in [5, 5.41) is 0.183. The maximum Gasteiger partial charge on any atom is 0.191 e. The molecule has 0 N–H and O–H groups in total. The van der Waals surface area contributed by atoms with Crippen LogP contribution in [-0.4, -0.2) is 18.4 Å². The first-order chi connectivity index (χ1) is 9.84. The van der Waals surface area contributed by atoms with Crippen molar-refractivity contribution in [2.75, 3.05) is 0 Å². The molecule has 1 unspecified atom stereocenters. The van der Waals surface area contributed by atoms with E-state index in [-0.39, 0.29) is 10.6 Å². The van der Waals surface area contributed by atoms with Crippen LogP contribution in [0.5, 0.6) is 0 Å². The van der Waals surface area contributed by atoms with E-state index in [2.05, 4.69) is 31.9 Å². The third-order valence-corrected chi connectivity index (χ3v) is 6.81. The average Bonchev–Trinajstić information content (AvgIpc) is 2.37. The lowest BCUT2D eigenvalue weighted by Gasteiger charge is -2.29. The minimum absolute atomic E-state index is 0.183. The fourth-order valence-corrected chi connectivity index (χ4v) is 6.92. The van der Waals surface area contributed by atoms with Crippen molar-refractivity contribution in [3.63, 3.8) is 0 Å². The molecule has 0 aromatic carbocycles. The van der Waals surface area contributed by atoms with E-state index >= 15 is 0 Å². The molecule has 0 aliphatic carbocycles. The van der Waals surface area contributed by atoms with Gasteiger partial charge in [0, 0.05) is 12.6 Å². The summed E-state index contributed by atoms with van der Waals surface area (Å²) >= 11 is 1.29. The molecule has 0 saturated heterocycles. The average molecular weight is 326 g/mol. The van der Waals surface area contributed by atoms with Crippen molar-refractivity contribution in [2.45, 2.75) is 58.2 Å². The lowest BCUT2D eigenvalue weighted by Crippen LogP contribution is -2.33. The summed E-state index contributed by atoms with van der Waals surface area (Å²) in [6, 6.07) is 6.85. The van der Waals surface area contributed by atoms with Crippen molar-refractivity contribution in [2.24, 2.45) is 5.92 Å². The Labute approximate surface area is 134 Å². The minimum atomic E-state index is -1.82. The molecular weight excluding hydrogens is 298 g/mol. The minimum Gasteiger partial charge on any atom is -0.400 e. The molecule has 0 radical (unpaired) electrons. The van der Waals surface area contributed by atoms with E-state index in [4.69, 9.17) is 4.43 Å². The number of hydrogen-bond donors (Lipinski definition) is 0. The number of aromatic nitrogens is 1. The van der Waals surface area contributed by atoms with Crippen LogP contribution >= 0.6 is 11.8 Å². The zero-order chi connectivity index (χ0) is 15.9. The molecule has 118 valence electrons. The highest BCUT2D eigenvalue weighted by molar-refractivity contribution is 8.13. The summed E-state index contributed by atoms with van der Waals surface area (Å²) < 4.78 is 6.37. The Morgan fingerprint density at radius 1 is 1.38 bits per heavy atom. The molecule has 1 heterocycles. The van der Waals surface area contributed by atoms with Crippen LogP contribution in [0.1, 0.15) is 44.7 Å². The normalized spacial score (nSPS) is 13.4. The van der Waals surface area contributed by atoms with Crippen LogP contribution in [0.25, 0.3) is 0 Å². The van der Waals surface area contributed by atoms with Gasteiger partial charge in [0.1, 0.15) is 5.44 Å². The number of carbonyl (C=O) groups is 1. The van der Waals surface area contributed by atoms with Gasteiger partial charge in [0.05, 0.1) is 5.69 Å². The summed E-state index contributed by atoms with van der Waals surface area (Å²) in [6.07, 6.45) is 3.21. The summed E-state index contributed by atoms with van der Waals surface area (Å²) in [4.78, 5) is 16.4. The molecule has 5 heteroatoms. The van der Waals surface area contributed by atoms with E-state index in [1.54, 1.807) is 6.20 Å². The maximum absolute atomic E-state index is 12.0. The standard InChI is InChI=1S/C16H27NO2SSi/c1-6-9-15(18)20-16(14-10-7-8-11-17-14)19-21(4,5)12-13(2)3/h7-8,10-11,13,16H,6,9,12H2,1-5H3. The van der Waals surface area contributed by atoms with Gasteiger partial charge in [-0.2, -0.15) is 0 Å². The van der Waals surface area contributed by atoms with Gasteiger partial charge in [-0.25, -0.2) is 0 Å². The number of rotatable bonds is 8. The number of pyridine rings is 1. The molecule has 1 rings (SSSR count). The van der Waals surface area contributed by atoms with E-state index in [1.807, 2.05) is 25.1 Å². The second-order valence-corrected chi connectivity index (χ2v) is 11.6. The third-order valence-electron chi connectivity index (χ3n) is 2.95. The van der Waals surface area contributed by atoms with Gasteiger partial charge in [0.25, 0.3) is 0 Å². The van der Waals surface area contributed by atoms with Crippen molar-refractivity contribution in [3.05, 3.63) is 30.1 Å². The van der Waals surface area contributed by atoms with E-state index in [0.717, 1.165) is 18.2 Å². The Kier molecular flexibility index (Phi) is 7.63. The van der Waals surface area contributed by atoms with Gasteiger partial charge in [-0.3, -0.25) is 9.78 Å². The second-order valence-electron chi connectivity index (χ2n) is 6.30. The highest BCUT2D eigenvalue weighted by atomic mass is 32.2. The molecule has 1 aromatic heterocycles. The number of carbonyl (C=O) groups excluding carboxylic acids is 1. The van der Waals surface area contributed by atoms with E-state index in [0.29, 0.717) is 12.3 Å². The second kappa shape index (κ2) is 8.71. The van der Waals surface area contributed by atoms with Crippen LogP contribution in [0.4, 0.5) is 0 Å². The smallest absolute Gasteiger partial charge is 0.191 e. The molecule has 3 nitrogen and oxygen atoms in total. The van der Waals surface area contributed by atoms with Crippen LogP contribution in [0, 0.1) is 5.92 Å². The highest BCUT2D eigenvalue weighted by Crippen LogP contribution is 2.35. The number of nitrogens with zero attached hydrogens (tertiary/aromatic N) is 1. The van der Waals surface area contributed by atoms with Crippen LogP contribution in [0.15, 0.2) is 24.4 Å². The predicted octanol–water partition coefficient (Wildman–Crippen LogP) is 5.02. The van der Waals surface area contributed by atoms with Gasteiger partial charge < -0.3 is 4.43 Å². The van der Waals surface area contributed by atoms with Crippen LogP contribution in [0.2, 0.25) is 19.1 Å². The maximum atomic E-state index is 12.0. The van der Waals surface area contributed by atoms with Gasteiger partial charge in [-0.05, 0) is 43.6 Å². The highest BCUT2D eigenvalue weighted by Gasteiger charge is 2.30. The summed E-state index contributed by atoms with van der Waals surface area (Å²) in [7, 11) is -1.82. The van der Waals surface area contributed by atoms with E-state index in [9.17, 15) is 4.79 Å². The van der Waals surface area contributed by atoms with Crippen molar-refractivity contribution in [1.29, 1.82) is 0 Å². The van der Waals surface area contributed by atoms with E-state index < -0.39 is 8.32 Å². The van der Waals surface area contributed by atoms with Crippen LogP contribution in [-0.2, 0) is 9.22 Å². The van der Waals surface area contributed by atoms with Gasteiger partial charge in [0.2, 0.25) is 0 Å². The Balaban J connectivity index is 2.84. The lowest BCUT2D eigenvalue weighted by molar-refractivity contribution is -0.111. The zero-order valence-corrected chi connectivity index (χ0v) is 15.6. The lowest BCUT2D eigenvalue weighted by atomic mass is 10.3. The molecule has 0 aliphatic heterocycles. The Morgan fingerprint density at radius 2 is 2.10 bits per heavy atom. The molecule has 0 bridgehead atoms. The summed E-state index contributed by atoms with van der Waals surface area (Å²) in [5.74, 6) is 0.604. The molecule has 0 amide bonds. The molecule has 1 atom stereocenters. The van der Waals surface area contributed by atoms with Gasteiger partial charge in [-0.1, -0.05) is 38.6 Å². The van der Waals surface area contributed by atoms with E-state index in [1.165, 1.54) is 11.8 Å². The third kappa shape index (κ3) is 7.25. The van der Waals surface area contributed by atoms with Crippen molar-refractivity contribution < 1.29 is 9.22 Å².